The molecule has 28 heavy (non-hydrogen) atoms. The summed E-state index contributed by atoms with van der Waals surface area (Å²) in [7, 11) is -2.56. The quantitative estimate of drug-likeness (QED) is 0.586. The molecule has 0 atom stereocenters. The zero-order valence-electron chi connectivity index (χ0n) is 16.2. The third-order valence-electron chi connectivity index (χ3n) is 4.09. The van der Waals surface area contributed by atoms with Crippen LogP contribution in [0.25, 0.3) is 0 Å². The first-order valence-corrected chi connectivity index (χ1v) is 11.4. The second-order valence-corrected chi connectivity index (χ2v) is 8.75. The molecule has 0 fully saturated rings. The molecule has 0 aliphatic carbocycles. The Bertz CT molecular complexity index is 926. The minimum absolute atomic E-state index is 0.0791. The second kappa shape index (κ2) is 9.93. The Balaban J connectivity index is 2.44. The highest BCUT2D eigenvalue weighted by Gasteiger charge is 2.24. The van der Waals surface area contributed by atoms with E-state index in [4.69, 9.17) is 4.74 Å². The summed E-state index contributed by atoms with van der Waals surface area (Å²) in [5, 5.41) is 0. The zero-order chi connectivity index (χ0) is 20.7. The van der Waals surface area contributed by atoms with Gasteiger partial charge in [-0.3, -0.25) is 9.52 Å². The number of carbonyl (C=O) groups is 1. The lowest BCUT2D eigenvalue weighted by Gasteiger charge is -2.22. The summed E-state index contributed by atoms with van der Waals surface area (Å²) >= 11 is 3.33. The zero-order valence-corrected chi connectivity index (χ0v) is 18.6. The molecule has 0 saturated heterocycles. The summed E-state index contributed by atoms with van der Waals surface area (Å²) in [6.45, 7) is 5.25. The number of carbonyl (C=O) groups excluding carboxylic acids is 1. The van der Waals surface area contributed by atoms with Crippen LogP contribution in [0.4, 0.5) is 5.69 Å². The normalized spacial score (nSPS) is 11.1. The molecule has 2 rings (SSSR count). The van der Waals surface area contributed by atoms with E-state index < -0.39 is 10.0 Å². The number of ether oxygens (including phenoxy) is 1. The summed E-state index contributed by atoms with van der Waals surface area (Å²) in [5.41, 5.74) is 0.718. The van der Waals surface area contributed by atoms with Crippen LogP contribution >= 0.6 is 15.9 Å². The molecule has 0 saturated carbocycles. The van der Waals surface area contributed by atoms with Crippen LogP contribution in [0.5, 0.6) is 5.75 Å². The number of nitrogens with zero attached hydrogens (tertiary/aromatic N) is 1. The molecule has 1 amide bonds. The van der Waals surface area contributed by atoms with E-state index in [-0.39, 0.29) is 16.6 Å². The number of para-hydroxylation sites is 1. The molecule has 6 nitrogen and oxygen atoms in total. The summed E-state index contributed by atoms with van der Waals surface area (Å²) in [4.78, 5) is 14.5. The molecule has 0 aliphatic rings. The van der Waals surface area contributed by atoms with Gasteiger partial charge in [0, 0.05) is 23.1 Å². The van der Waals surface area contributed by atoms with Crippen LogP contribution < -0.4 is 9.46 Å². The van der Waals surface area contributed by atoms with Gasteiger partial charge >= 0.3 is 0 Å². The van der Waals surface area contributed by atoms with Crippen LogP contribution in [0, 0.1) is 0 Å². The average Bonchev–Trinajstić information content (AvgIpc) is 2.68. The predicted octanol–water partition coefficient (Wildman–Crippen LogP) is 4.52. The van der Waals surface area contributed by atoms with Crippen molar-refractivity contribution in [3.05, 3.63) is 52.5 Å². The largest absolute Gasteiger partial charge is 0.495 e. The van der Waals surface area contributed by atoms with E-state index in [1.807, 2.05) is 13.8 Å². The fourth-order valence-corrected chi connectivity index (χ4v) is 4.59. The van der Waals surface area contributed by atoms with Gasteiger partial charge in [-0.2, -0.15) is 0 Å². The molecule has 0 bridgehead atoms. The number of hydrogen-bond donors (Lipinski definition) is 1. The molecular formula is C20H25BrN2O4S. The van der Waals surface area contributed by atoms with Crippen molar-refractivity contribution in [1.82, 2.24) is 4.90 Å². The van der Waals surface area contributed by atoms with E-state index in [1.165, 1.54) is 19.2 Å². The molecule has 0 aliphatic heterocycles. The van der Waals surface area contributed by atoms with Gasteiger partial charge in [0.1, 0.15) is 10.6 Å². The maximum absolute atomic E-state index is 13.0. The minimum atomic E-state index is -3.96. The van der Waals surface area contributed by atoms with Crippen molar-refractivity contribution in [1.29, 1.82) is 0 Å². The number of sulfonamides is 1. The van der Waals surface area contributed by atoms with Gasteiger partial charge in [-0.15, -0.1) is 0 Å². The van der Waals surface area contributed by atoms with Gasteiger partial charge in [-0.25, -0.2) is 8.42 Å². The third kappa shape index (κ3) is 5.26. The van der Waals surface area contributed by atoms with Crippen LogP contribution in [-0.4, -0.2) is 39.4 Å². The molecule has 8 heteroatoms. The first-order valence-electron chi connectivity index (χ1n) is 9.08. The highest BCUT2D eigenvalue weighted by Crippen LogP contribution is 2.30. The maximum Gasteiger partial charge on any atom is 0.265 e. The minimum Gasteiger partial charge on any atom is -0.495 e. The number of rotatable bonds is 9. The molecule has 0 heterocycles. The molecule has 0 radical (unpaired) electrons. The number of anilines is 1. The van der Waals surface area contributed by atoms with E-state index in [2.05, 4.69) is 20.7 Å². The van der Waals surface area contributed by atoms with Crippen molar-refractivity contribution >= 4 is 37.5 Å². The number of nitrogens with one attached hydrogen (secondary N) is 1. The van der Waals surface area contributed by atoms with Gasteiger partial charge in [0.15, 0.2) is 0 Å². The molecular weight excluding hydrogens is 444 g/mol. The van der Waals surface area contributed by atoms with Crippen molar-refractivity contribution < 1.29 is 17.9 Å². The monoisotopic (exact) mass is 468 g/mol. The molecule has 0 unspecified atom stereocenters. The van der Waals surface area contributed by atoms with Gasteiger partial charge < -0.3 is 9.64 Å². The van der Waals surface area contributed by atoms with E-state index in [1.54, 1.807) is 35.2 Å². The molecule has 2 aromatic rings. The van der Waals surface area contributed by atoms with E-state index >= 15 is 0 Å². The number of benzene rings is 2. The Kier molecular flexibility index (Phi) is 7.88. The van der Waals surface area contributed by atoms with Gasteiger partial charge in [0.05, 0.1) is 12.8 Å². The standard InChI is InChI=1S/C20H25BrN2O4S/c1-4-12-23(13-5-2)20(24)15-10-11-18(27-3)19(14-15)28(25,26)22-17-9-7-6-8-16(17)21/h6-11,14,22H,4-5,12-13H2,1-3H3. The average molecular weight is 469 g/mol. The van der Waals surface area contributed by atoms with Gasteiger partial charge in [0.25, 0.3) is 15.9 Å². The van der Waals surface area contributed by atoms with Gasteiger partial charge in [-0.1, -0.05) is 26.0 Å². The van der Waals surface area contributed by atoms with Crippen LogP contribution in [0.1, 0.15) is 37.0 Å². The first-order chi connectivity index (χ1) is 13.3. The van der Waals surface area contributed by atoms with Crippen molar-refractivity contribution in [3.63, 3.8) is 0 Å². The first kappa shape index (κ1) is 22.2. The summed E-state index contributed by atoms with van der Waals surface area (Å²) < 4.78 is 34.4. The Labute approximate surface area is 175 Å². The summed E-state index contributed by atoms with van der Waals surface area (Å²) in [6, 6.07) is 11.4. The topological polar surface area (TPSA) is 75.7 Å². The number of methoxy groups -OCH3 is 1. The van der Waals surface area contributed by atoms with Crippen molar-refractivity contribution in [2.45, 2.75) is 31.6 Å². The van der Waals surface area contributed by atoms with Crippen LogP contribution in [0.2, 0.25) is 0 Å². The Hall–Kier alpha value is -2.06. The van der Waals surface area contributed by atoms with Crippen molar-refractivity contribution in [2.24, 2.45) is 0 Å². The van der Waals surface area contributed by atoms with Crippen LogP contribution in [-0.2, 0) is 10.0 Å². The van der Waals surface area contributed by atoms with Crippen molar-refractivity contribution in [2.75, 3.05) is 24.9 Å². The number of halogens is 1. The Morgan fingerprint density at radius 2 is 1.75 bits per heavy atom. The molecule has 2 aromatic carbocycles. The van der Waals surface area contributed by atoms with Gasteiger partial charge in [-0.05, 0) is 59.1 Å². The predicted molar refractivity (Wildman–Crippen MR) is 114 cm³/mol. The van der Waals surface area contributed by atoms with E-state index in [0.29, 0.717) is 28.8 Å². The summed E-state index contributed by atoms with van der Waals surface area (Å²) in [6.07, 6.45) is 1.66. The van der Waals surface area contributed by atoms with E-state index in [9.17, 15) is 13.2 Å². The fraction of sp³-hybridized carbons (Fsp3) is 0.350. The Morgan fingerprint density at radius 3 is 2.32 bits per heavy atom. The van der Waals surface area contributed by atoms with Crippen LogP contribution in [0.3, 0.4) is 0 Å². The lowest BCUT2D eigenvalue weighted by molar-refractivity contribution is 0.0755. The lowest BCUT2D eigenvalue weighted by atomic mass is 10.1. The smallest absolute Gasteiger partial charge is 0.265 e. The number of hydrogen-bond acceptors (Lipinski definition) is 4. The maximum atomic E-state index is 13.0. The highest BCUT2D eigenvalue weighted by molar-refractivity contribution is 9.10. The lowest BCUT2D eigenvalue weighted by Crippen LogP contribution is -2.32. The fourth-order valence-electron chi connectivity index (χ4n) is 2.80. The van der Waals surface area contributed by atoms with Gasteiger partial charge in [0.2, 0.25) is 0 Å². The number of amides is 1. The molecule has 0 aromatic heterocycles. The molecule has 1 N–H and O–H groups in total. The molecule has 0 spiro atoms. The van der Waals surface area contributed by atoms with Crippen LogP contribution in [0.15, 0.2) is 51.8 Å². The molecule has 152 valence electrons. The SMILES string of the molecule is CCCN(CCC)C(=O)c1ccc(OC)c(S(=O)(=O)Nc2ccccc2Br)c1. The van der Waals surface area contributed by atoms with E-state index in [0.717, 1.165) is 12.8 Å². The Morgan fingerprint density at radius 1 is 1.11 bits per heavy atom. The summed E-state index contributed by atoms with van der Waals surface area (Å²) in [5.74, 6) is -0.0164. The second-order valence-electron chi connectivity index (χ2n) is 6.24. The highest BCUT2D eigenvalue weighted by atomic mass is 79.9. The van der Waals surface area contributed by atoms with Crippen molar-refractivity contribution in [3.8, 4) is 5.75 Å². The third-order valence-corrected chi connectivity index (χ3v) is 6.17.